The summed E-state index contributed by atoms with van der Waals surface area (Å²) in [5.41, 5.74) is 5.61. The zero-order valence-corrected chi connectivity index (χ0v) is 16.6. The molecule has 1 aliphatic rings. The van der Waals surface area contributed by atoms with Crippen molar-refractivity contribution in [1.29, 1.82) is 0 Å². The third-order valence-corrected chi connectivity index (χ3v) is 4.80. The van der Waals surface area contributed by atoms with Gasteiger partial charge in [-0.1, -0.05) is 70.6 Å². The molecule has 0 aromatic rings. The summed E-state index contributed by atoms with van der Waals surface area (Å²) in [7, 11) is 0. The standard InChI is InChI=1S/C23H34O/c1-18(15-17-24)10-8-12-20(22(3,4)5)13-14-21-19(2)11-9-16-23(21,6)7/h8,10,12-15,17H,9,11,16H2,1-7H3/b10-8+,14-13+,18-15+,20-12+. The second-order valence-electron chi connectivity index (χ2n) is 8.54. The average molecular weight is 327 g/mol. The van der Waals surface area contributed by atoms with Crippen LogP contribution in [0.25, 0.3) is 0 Å². The lowest BCUT2D eigenvalue weighted by atomic mass is 9.72. The first-order chi connectivity index (χ1) is 11.1. The molecule has 0 aliphatic heterocycles. The molecule has 1 heteroatoms. The number of allylic oxidation sites excluding steroid dienone is 10. The first-order valence-corrected chi connectivity index (χ1v) is 8.97. The van der Waals surface area contributed by atoms with Crippen molar-refractivity contribution in [3.8, 4) is 0 Å². The van der Waals surface area contributed by atoms with Gasteiger partial charge in [0.2, 0.25) is 0 Å². The van der Waals surface area contributed by atoms with E-state index in [-0.39, 0.29) is 10.8 Å². The molecule has 24 heavy (non-hydrogen) atoms. The van der Waals surface area contributed by atoms with Gasteiger partial charge in [-0.3, -0.25) is 4.79 Å². The van der Waals surface area contributed by atoms with Crippen LogP contribution in [0.15, 0.2) is 58.7 Å². The molecular weight excluding hydrogens is 292 g/mol. The fourth-order valence-electron chi connectivity index (χ4n) is 3.21. The zero-order chi connectivity index (χ0) is 18.4. The van der Waals surface area contributed by atoms with Crippen molar-refractivity contribution in [1.82, 2.24) is 0 Å². The molecule has 0 fully saturated rings. The smallest absolute Gasteiger partial charge is 0.143 e. The summed E-state index contributed by atoms with van der Waals surface area (Å²) in [4.78, 5) is 10.5. The Morgan fingerprint density at radius 1 is 1.12 bits per heavy atom. The van der Waals surface area contributed by atoms with Gasteiger partial charge in [-0.25, -0.2) is 0 Å². The minimum atomic E-state index is 0.0798. The highest BCUT2D eigenvalue weighted by atomic mass is 16.1. The predicted molar refractivity (Wildman–Crippen MR) is 106 cm³/mol. The molecule has 0 aromatic heterocycles. The van der Waals surface area contributed by atoms with E-state index in [0.29, 0.717) is 0 Å². The highest BCUT2D eigenvalue weighted by Crippen LogP contribution is 2.41. The molecule has 0 saturated carbocycles. The lowest BCUT2D eigenvalue weighted by molar-refractivity contribution is -0.104. The molecule has 0 saturated heterocycles. The van der Waals surface area contributed by atoms with Crippen LogP contribution < -0.4 is 0 Å². The monoisotopic (exact) mass is 326 g/mol. The van der Waals surface area contributed by atoms with E-state index in [4.69, 9.17) is 0 Å². The van der Waals surface area contributed by atoms with Gasteiger partial charge in [-0.2, -0.15) is 0 Å². The Labute approximate surface area is 148 Å². The summed E-state index contributed by atoms with van der Waals surface area (Å²) in [5, 5.41) is 0. The van der Waals surface area contributed by atoms with Gasteiger partial charge in [0.1, 0.15) is 6.29 Å². The maximum Gasteiger partial charge on any atom is 0.143 e. The van der Waals surface area contributed by atoms with Gasteiger partial charge in [0.25, 0.3) is 0 Å². The second-order valence-corrected chi connectivity index (χ2v) is 8.54. The van der Waals surface area contributed by atoms with Gasteiger partial charge < -0.3 is 0 Å². The van der Waals surface area contributed by atoms with E-state index in [0.717, 1.165) is 11.9 Å². The summed E-state index contributed by atoms with van der Waals surface area (Å²) >= 11 is 0. The normalized spacial score (nSPS) is 20.3. The Balaban J connectivity index is 3.11. The van der Waals surface area contributed by atoms with Crippen LogP contribution in [0, 0.1) is 10.8 Å². The van der Waals surface area contributed by atoms with Crippen LogP contribution in [0.4, 0.5) is 0 Å². The molecule has 0 atom stereocenters. The number of hydrogen-bond donors (Lipinski definition) is 0. The summed E-state index contributed by atoms with van der Waals surface area (Å²) in [6.45, 7) is 15.6. The maximum atomic E-state index is 10.5. The van der Waals surface area contributed by atoms with E-state index in [1.54, 1.807) is 6.08 Å². The average Bonchev–Trinajstić information content (AvgIpc) is 2.43. The lowest BCUT2D eigenvalue weighted by Crippen LogP contribution is -2.19. The Morgan fingerprint density at radius 2 is 1.79 bits per heavy atom. The van der Waals surface area contributed by atoms with Crippen LogP contribution in [0.5, 0.6) is 0 Å². The Morgan fingerprint density at radius 3 is 2.33 bits per heavy atom. The van der Waals surface area contributed by atoms with E-state index in [2.05, 4.69) is 59.8 Å². The quantitative estimate of drug-likeness (QED) is 0.310. The van der Waals surface area contributed by atoms with Crippen molar-refractivity contribution >= 4 is 6.29 Å². The number of aldehydes is 1. The molecule has 0 N–H and O–H groups in total. The highest BCUT2D eigenvalue weighted by molar-refractivity contribution is 5.67. The number of carbonyl (C=O) groups is 1. The SMILES string of the molecule is CC1=C(/C=C/C(=C\C=C\C(C)=C\C=O)C(C)(C)C)C(C)(C)CCC1. The molecule has 1 aliphatic carbocycles. The van der Waals surface area contributed by atoms with Crippen LogP contribution >= 0.6 is 0 Å². The fraction of sp³-hybridized carbons (Fsp3) is 0.522. The van der Waals surface area contributed by atoms with Crippen molar-refractivity contribution in [2.24, 2.45) is 10.8 Å². The van der Waals surface area contributed by atoms with Crippen LogP contribution in [-0.4, -0.2) is 6.29 Å². The van der Waals surface area contributed by atoms with Gasteiger partial charge in [0.15, 0.2) is 0 Å². The second kappa shape index (κ2) is 8.46. The highest BCUT2D eigenvalue weighted by Gasteiger charge is 2.26. The summed E-state index contributed by atoms with van der Waals surface area (Å²) in [6.07, 6.45) is 16.9. The number of rotatable bonds is 5. The Hall–Kier alpha value is -1.63. The summed E-state index contributed by atoms with van der Waals surface area (Å²) < 4.78 is 0. The first-order valence-electron chi connectivity index (χ1n) is 8.97. The molecule has 0 amide bonds. The molecular formula is C23H34O. The van der Waals surface area contributed by atoms with Crippen molar-refractivity contribution in [3.05, 3.63) is 58.7 Å². The van der Waals surface area contributed by atoms with Crippen LogP contribution in [0.2, 0.25) is 0 Å². The van der Waals surface area contributed by atoms with Crippen LogP contribution in [0.1, 0.15) is 67.7 Å². The minimum Gasteiger partial charge on any atom is -0.299 e. The summed E-state index contributed by atoms with van der Waals surface area (Å²) in [5.74, 6) is 0. The molecule has 0 heterocycles. The molecule has 0 unspecified atom stereocenters. The third-order valence-electron chi connectivity index (χ3n) is 4.80. The van der Waals surface area contributed by atoms with Crippen LogP contribution in [-0.2, 0) is 4.79 Å². The van der Waals surface area contributed by atoms with Gasteiger partial charge in [-0.15, -0.1) is 0 Å². The van der Waals surface area contributed by atoms with Gasteiger partial charge in [0, 0.05) is 0 Å². The van der Waals surface area contributed by atoms with E-state index in [9.17, 15) is 4.79 Å². The van der Waals surface area contributed by atoms with Crippen molar-refractivity contribution < 1.29 is 4.79 Å². The largest absolute Gasteiger partial charge is 0.299 e. The van der Waals surface area contributed by atoms with Gasteiger partial charge >= 0.3 is 0 Å². The van der Waals surface area contributed by atoms with E-state index in [1.807, 2.05) is 19.1 Å². The zero-order valence-electron chi connectivity index (χ0n) is 16.6. The van der Waals surface area contributed by atoms with Crippen molar-refractivity contribution in [3.63, 3.8) is 0 Å². The van der Waals surface area contributed by atoms with Gasteiger partial charge in [0.05, 0.1) is 0 Å². The minimum absolute atomic E-state index is 0.0798. The number of hydrogen-bond acceptors (Lipinski definition) is 1. The molecule has 0 bridgehead atoms. The lowest BCUT2D eigenvalue weighted by Gasteiger charge is -2.33. The van der Waals surface area contributed by atoms with E-state index >= 15 is 0 Å². The molecule has 1 nitrogen and oxygen atoms in total. The third kappa shape index (κ3) is 6.11. The van der Waals surface area contributed by atoms with E-state index < -0.39 is 0 Å². The topological polar surface area (TPSA) is 17.1 Å². The molecule has 0 spiro atoms. The first kappa shape index (κ1) is 20.4. The van der Waals surface area contributed by atoms with Crippen molar-refractivity contribution in [2.75, 3.05) is 0 Å². The Bertz CT molecular complexity index is 598. The number of carbonyl (C=O) groups excluding carboxylic acids is 1. The van der Waals surface area contributed by atoms with E-state index in [1.165, 1.54) is 36.0 Å². The molecule has 0 aromatic carbocycles. The maximum absolute atomic E-state index is 10.5. The molecule has 0 radical (unpaired) electrons. The predicted octanol–water partition coefficient (Wildman–Crippen LogP) is 6.74. The fourth-order valence-corrected chi connectivity index (χ4v) is 3.21. The van der Waals surface area contributed by atoms with Gasteiger partial charge in [-0.05, 0) is 66.7 Å². The summed E-state index contributed by atoms with van der Waals surface area (Å²) in [6, 6.07) is 0. The molecule has 1 rings (SSSR count). The van der Waals surface area contributed by atoms with Crippen LogP contribution in [0.3, 0.4) is 0 Å². The van der Waals surface area contributed by atoms with Crippen molar-refractivity contribution in [2.45, 2.75) is 67.7 Å². The Kier molecular flexibility index (Phi) is 7.20. The molecule has 132 valence electrons.